The number of urea groups is 1. The van der Waals surface area contributed by atoms with Crippen LogP contribution in [0.4, 0.5) is 10.5 Å². The number of carbonyl (C=O) groups is 1. The molecule has 1 aromatic rings. The predicted octanol–water partition coefficient (Wildman–Crippen LogP) is 2.71. The van der Waals surface area contributed by atoms with E-state index in [1.807, 2.05) is 45.0 Å². The van der Waals surface area contributed by atoms with Gasteiger partial charge in [0.05, 0.1) is 0 Å². The van der Waals surface area contributed by atoms with E-state index in [9.17, 15) is 4.79 Å². The quantitative estimate of drug-likeness (QED) is 0.900. The number of likely N-dealkylation sites (tertiary alicyclic amines) is 1. The van der Waals surface area contributed by atoms with Gasteiger partial charge in [-0.15, -0.1) is 0 Å². The van der Waals surface area contributed by atoms with Gasteiger partial charge in [-0.25, -0.2) is 4.79 Å². The summed E-state index contributed by atoms with van der Waals surface area (Å²) in [7, 11) is 0. The highest BCUT2D eigenvalue weighted by molar-refractivity contribution is 5.89. The van der Waals surface area contributed by atoms with Crippen molar-refractivity contribution in [3.8, 4) is 5.75 Å². The van der Waals surface area contributed by atoms with Gasteiger partial charge in [-0.3, -0.25) is 0 Å². The van der Waals surface area contributed by atoms with E-state index in [0.29, 0.717) is 13.1 Å². The number of hydrogen-bond acceptors (Lipinski definition) is 3. The highest BCUT2D eigenvalue weighted by Crippen LogP contribution is 2.21. The van der Waals surface area contributed by atoms with Crippen LogP contribution in [0.15, 0.2) is 24.3 Å². The van der Waals surface area contributed by atoms with E-state index in [4.69, 9.17) is 9.84 Å². The highest BCUT2D eigenvalue weighted by Gasteiger charge is 2.25. The summed E-state index contributed by atoms with van der Waals surface area (Å²) in [4.78, 5) is 13.8. The molecule has 2 N–H and O–H groups in total. The van der Waals surface area contributed by atoms with Crippen molar-refractivity contribution in [2.24, 2.45) is 5.92 Å². The van der Waals surface area contributed by atoms with Crippen LogP contribution in [0.3, 0.4) is 0 Å². The minimum atomic E-state index is -0.236. The SMILES string of the molecule is CC(C)(C)Oc1ccc(NC(=O)N2CCC(CO)C2)cc1. The van der Waals surface area contributed by atoms with Crippen LogP contribution in [0.25, 0.3) is 0 Å². The molecule has 21 heavy (non-hydrogen) atoms. The zero-order chi connectivity index (χ0) is 15.5. The van der Waals surface area contributed by atoms with Crippen molar-refractivity contribution >= 4 is 11.7 Å². The second-order valence-corrected chi connectivity index (χ2v) is 6.45. The standard InChI is InChI=1S/C16H24N2O3/c1-16(2,3)21-14-6-4-13(5-7-14)17-15(20)18-9-8-12(10-18)11-19/h4-7,12,19H,8-11H2,1-3H3,(H,17,20). The van der Waals surface area contributed by atoms with E-state index in [1.165, 1.54) is 0 Å². The summed E-state index contributed by atoms with van der Waals surface area (Å²) >= 11 is 0. The first-order valence-electron chi connectivity index (χ1n) is 7.33. The molecule has 0 spiro atoms. The number of hydrogen-bond donors (Lipinski definition) is 2. The van der Waals surface area contributed by atoms with Crippen LogP contribution in [-0.4, -0.2) is 41.3 Å². The summed E-state index contributed by atoms with van der Waals surface area (Å²) in [6.45, 7) is 7.44. The van der Waals surface area contributed by atoms with Crippen molar-refractivity contribution in [2.45, 2.75) is 32.8 Å². The van der Waals surface area contributed by atoms with Crippen molar-refractivity contribution in [1.82, 2.24) is 4.90 Å². The Morgan fingerprint density at radius 2 is 2.05 bits per heavy atom. The molecule has 1 aliphatic heterocycles. The first-order valence-corrected chi connectivity index (χ1v) is 7.33. The molecule has 1 saturated heterocycles. The van der Waals surface area contributed by atoms with Gasteiger partial charge in [-0.05, 0) is 51.5 Å². The van der Waals surface area contributed by atoms with Crippen LogP contribution in [0.2, 0.25) is 0 Å². The average Bonchev–Trinajstić information content (AvgIpc) is 2.88. The zero-order valence-electron chi connectivity index (χ0n) is 12.9. The summed E-state index contributed by atoms with van der Waals surface area (Å²) in [5.74, 6) is 0.986. The Bertz CT molecular complexity index is 479. The second-order valence-electron chi connectivity index (χ2n) is 6.45. The molecule has 1 atom stereocenters. The summed E-state index contributed by atoms with van der Waals surface area (Å²) < 4.78 is 5.74. The van der Waals surface area contributed by atoms with E-state index < -0.39 is 0 Å². The number of anilines is 1. The molecule has 0 bridgehead atoms. The fraction of sp³-hybridized carbons (Fsp3) is 0.562. The molecule has 1 aliphatic rings. The van der Waals surface area contributed by atoms with E-state index in [1.54, 1.807) is 4.90 Å². The molecule has 0 aromatic heterocycles. The largest absolute Gasteiger partial charge is 0.488 e. The maximum Gasteiger partial charge on any atom is 0.321 e. The Labute approximate surface area is 125 Å². The molecule has 1 aromatic carbocycles. The number of amides is 2. The fourth-order valence-electron chi connectivity index (χ4n) is 2.33. The number of ether oxygens (including phenoxy) is 1. The molecule has 0 aliphatic carbocycles. The van der Waals surface area contributed by atoms with E-state index in [2.05, 4.69) is 5.32 Å². The Hall–Kier alpha value is -1.75. The van der Waals surface area contributed by atoms with Crippen LogP contribution in [0.5, 0.6) is 5.75 Å². The minimum absolute atomic E-state index is 0.115. The Balaban J connectivity index is 1.90. The lowest BCUT2D eigenvalue weighted by Gasteiger charge is -2.21. The van der Waals surface area contributed by atoms with Gasteiger partial charge in [-0.1, -0.05) is 0 Å². The molecule has 1 fully saturated rings. The third-order valence-corrected chi connectivity index (χ3v) is 3.36. The third-order valence-electron chi connectivity index (χ3n) is 3.36. The van der Waals surface area contributed by atoms with Gasteiger partial charge in [0.2, 0.25) is 0 Å². The number of nitrogens with one attached hydrogen (secondary N) is 1. The van der Waals surface area contributed by atoms with Gasteiger partial charge in [0, 0.05) is 31.3 Å². The highest BCUT2D eigenvalue weighted by atomic mass is 16.5. The van der Waals surface area contributed by atoms with Crippen LogP contribution in [-0.2, 0) is 0 Å². The van der Waals surface area contributed by atoms with Gasteiger partial charge in [0.15, 0.2) is 0 Å². The van der Waals surface area contributed by atoms with E-state index in [-0.39, 0.29) is 24.2 Å². The van der Waals surface area contributed by atoms with Crippen molar-refractivity contribution in [3.63, 3.8) is 0 Å². The molecule has 1 unspecified atom stereocenters. The first kappa shape index (κ1) is 15.6. The molecule has 5 nitrogen and oxygen atoms in total. The van der Waals surface area contributed by atoms with Gasteiger partial charge in [0.25, 0.3) is 0 Å². The molecule has 0 saturated carbocycles. The number of aliphatic hydroxyl groups is 1. The van der Waals surface area contributed by atoms with Crippen LogP contribution in [0.1, 0.15) is 27.2 Å². The Morgan fingerprint density at radius 3 is 2.57 bits per heavy atom. The lowest BCUT2D eigenvalue weighted by atomic mass is 10.1. The van der Waals surface area contributed by atoms with E-state index >= 15 is 0 Å². The second kappa shape index (κ2) is 6.35. The predicted molar refractivity (Wildman–Crippen MR) is 82.6 cm³/mol. The molecule has 5 heteroatoms. The number of carbonyl (C=O) groups excluding carboxylic acids is 1. The molecule has 0 radical (unpaired) electrons. The monoisotopic (exact) mass is 292 g/mol. The summed E-state index contributed by atoms with van der Waals surface area (Å²) in [5, 5.41) is 12.0. The summed E-state index contributed by atoms with van der Waals surface area (Å²) in [6.07, 6.45) is 0.863. The topological polar surface area (TPSA) is 61.8 Å². The van der Waals surface area contributed by atoms with Crippen LogP contribution < -0.4 is 10.1 Å². The summed E-state index contributed by atoms with van der Waals surface area (Å²) in [6, 6.07) is 7.25. The Kier molecular flexibility index (Phi) is 4.73. The molecular formula is C16H24N2O3. The number of nitrogens with zero attached hydrogens (tertiary/aromatic N) is 1. The first-order chi connectivity index (χ1) is 9.87. The average molecular weight is 292 g/mol. The minimum Gasteiger partial charge on any atom is -0.488 e. The maximum absolute atomic E-state index is 12.1. The van der Waals surface area contributed by atoms with Crippen molar-refractivity contribution in [2.75, 3.05) is 25.0 Å². The van der Waals surface area contributed by atoms with Crippen LogP contribution >= 0.6 is 0 Å². The third kappa shape index (κ3) is 4.63. The fourth-order valence-corrected chi connectivity index (χ4v) is 2.33. The Morgan fingerprint density at radius 1 is 1.38 bits per heavy atom. The van der Waals surface area contributed by atoms with Gasteiger partial charge in [0.1, 0.15) is 11.4 Å². The molecule has 2 amide bonds. The molecule has 1 heterocycles. The maximum atomic E-state index is 12.1. The van der Waals surface area contributed by atoms with E-state index in [0.717, 1.165) is 17.9 Å². The van der Waals surface area contributed by atoms with Gasteiger partial charge >= 0.3 is 6.03 Å². The van der Waals surface area contributed by atoms with Gasteiger partial charge < -0.3 is 20.1 Å². The normalized spacial score (nSPS) is 18.7. The lowest BCUT2D eigenvalue weighted by Crippen LogP contribution is -2.33. The molecule has 2 rings (SSSR count). The number of benzene rings is 1. The zero-order valence-corrected chi connectivity index (χ0v) is 12.9. The summed E-state index contributed by atoms with van der Waals surface area (Å²) in [5.41, 5.74) is 0.508. The van der Waals surface area contributed by atoms with Crippen molar-refractivity contribution in [1.29, 1.82) is 0 Å². The lowest BCUT2D eigenvalue weighted by molar-refractivity contribution is 0.131. The number of aliphatic hydroxyl groups excluding tert-OH is 1. The van der Waals surface area contributed by atoms with Crippen molar-refractivity contribution < 1.29 is 14.6 Å². The van der Waals surface area contributed by atoms with Gasteiger partial charge in [-0.2, -0.15) is 0 Å². The molecule has 116 valence electrons. The smallest absolute Gasteiger partial charge is 0.321 e. The van der Waals surface area contributed by atoms with Crippen LogP contribution in [0, 0.1) is 5.92 Å². The molecular weight excluding hydrogens is 268 g/mol. The number of rotatable bonds is 3. The van der Waals surface area contributed by atoms with Crippen molar-refractivity contribution in [3.05, 3.63) is 24.3 Å².